The maximum atomic E-state index is 13.9. The minimum absolute atomic E-state index is 0.0157. The van der Waals surface area contributed by atoms with Crippen LogP contribution < -0.4 is 10.6 Å². The molecule has 3 aromatic rings. The number of hydrogen-bond acceptors (Lipinski definition) is 2. The summed E-state index contributed by atoms with van der Waals surface area (Å²) < 4.78 is 65.1. The van der Waals surface area contributed by atoms with Gasteiger partial charge in [0.1, 0.15) is 16.0 Å². The molecule has 1 aliphatic carbocycles. The maximum Gasteiger partial charge on any atom is 0.416 e. The third kappa shape index (κ3) is 5.50. The van der Waals surface area contributed by atoms with E-state index in [2.05, 4.69) is 17.2 Å². The first kappa shape index (κ1) is 27.9. The molecule has 3 aromatic carbocycles. The molecule has 0 radical (unpaired) electrons. The van der Waals surface area contributed by atoms with Crippen LogP contribution in [0.25, 0.3) is 6.08 Å². The molecule has 0 bridgehead atoms. The van der Waals surface area contributed by atoms with Gasteiger partial charge in [0.2, 0.25) is 5.91 Å². The van der Waals surface area contributed by atoms with E-state index in [4.69, 9.17) is 34.8 Å². The summed E-state index contributed by atoms with van der Waals surface area (Å²) in [6.45, 7) is 3.41. The standard InChI is InChI=1S/C26H16Cl3F5N2O2/c1-2-12-9-13(3-6-17(12)26(32,33)34)21-22(25(21,28)29)24(38)35-15-5-7-18(27)16(11-15)23(37)36-20-8-4-14(30)10-19(20)31/h2-11,21-22H,1H2,(H,35,38)(H,36,37). The van der Waals surface area contributed by atoms with Crippen LogP contribution in [-0.2, 0) is 11.0 Å². The molecule has 2 N–H and O–H groups in total. The van der Waals surface area contributed by atoms with Crippen molar-refractivity contribution < 1.29 is 31.5 Å². The van der Waals surface area contributed by atoms with Gasteiger partial charge in [0.05, 0.1) is 27.8 Å². The second-order valence-corrected chi connectivity index (χ2v) is 10.3. The van der Waals surface area contributed by atoms with Crippen LogP contribution in [0, 0.1) is 17.6 Å². The Morgan fingerprint density at radius 1 is 0.974 bits per heavy atom. The Balaban J connectivity index is 1.53. The van der Waals surface area contributed by atoms with Gasteiger partial charge in [-0.3, -0.25) is 9.59 Å². The molecule has 2 atom stereocenters. The number of amides is 2. The highest BCUT2D eigenvalue weighted by Crippen LogP contribution is 2.65. The van der Waals surface area contributed by atoms with E-state index in [9.17, 15) is 31.5 Å². The summed E-state index contributed by atoms with van der Waals surface area (Å²) >= 11 is 18.8. The molecule has 2 amide bonds. The predicted octanol–water partition coefficient (Wildman–Crippen LogP) is 8.06. The van der Waals surface area contributed by atoms with E-state index >= 15 is 0 Å². The highest BCUT2D eigenvalue weighted by atomic mass is 35.5. The van der Waals surface area contributed by atoms with Gasteiger partial charge in [-0.2, -0.15) is 13.2 Å². The SMILES string of the molecule is C=Cc1cc(C2C(C(=O)Nc3ccc(Cl)c(C(=O)Nc4ccc(F)cc4F)c3)C2(Cl)Cl)ccc1C(F)(F)F. The molecule has 0 saturated heterocycles. The van der Waals surface area contributed by atoms with Gasteiger partial charge in [-0.1, -0.05) is 36.4 Å². The number of benzene rings is 3. The van der Waals surface area contributed by atoms with Gasteiger partial charge in [-0.15, -0.1) is 23.2 Å². The first-order valence-electron chi connectivity index (χ1n) is 10.8. The number of halogens is 8. The number of hydrogen-bond donors (Lipinski definition) is 2. The molecule has 4 rings (SSSR count). The summed E-state index contributed by atoms with van der Waals surface area (Å²) in [5, 5.41) is 4.81. The second kappa shape index (κ2) is 10.2. The van der Waals surface area contributed by atoms with Crippen molar-refractivity contribution in [2.24, 2.45) is 5.92 Å². The Labute approximate surface area is 228 Å². The van der Waals surface area contributed by atoms with Crippen molar-refractivity contribution in [3.05, 3.63) is 100 Å². The van der Waals surface area contributed by atoms with E-state index in [1.807, 2.05) is 0 Å². The van der Waals surface area contributed by atoms with Crippen LogP contribution in [0.3, 0.4) is 0 Å². The van der Waals surface area contributed by atoms with Crippen LogP contribution in [0.2, 0.25) is 5.02 Å². The van der Waals surface area contributed by atoms with Crippen molar-refractivity contribution >= 4 is 64.1 Å². The van der Waals surface area contributed by atoms with Crippen molar-refractivity contribution in [3.63, 3.8) is 0 Å². The topological polar surface area (TPSA) is 58.2 Å². The summed E-state index contributed by atoms with van der Waals surface area (Å²) in [7, 11) is 0. The summed E-state index contributed by atoms with van der Waals surface area (Å²) in [5.41, 5.74) is -1.04. The minimum atomic E-state index is -4.59. The molecule has 12 heteroatoms. The number of carbonyl (C=O) groups is 2. The Morgan fingerprint density at radius 3 is 2.32 bits per heavy atom. The summed E-state index contributed by atoms with van der Waals surface area (Å²) in [4.78, 5) is 25.6. The van der Waals surface area contributed by atoms with Gasteiger partial charge >= 0.3 is 6.18 Å². The van der Waals surface area contributed by atoms with E-state index in [0.29, 0.717) is 11.6 Å². The lowest BCUT2D eigenvalue weighted by Crippen LogP contribution is -2.18. The number of carbonyl (C=O) groups excluding carboxylic acids is 2. The second-order valence-electron chi connectivity index (χ2n) is 8.44. The lowest BCUT2D eigenvalue weighted by molar-refractivity contribution is -0.137. The van der Waals surface area contributed by atoms with Gasteiger partial charge < -0.3 is 10.6 Å². The molecule has 0 aliphatic heterocycles. The molecule has 0 spiro atoms. The van der Waals surface area contributed by atoms with Crippen molar-refractivity contribution in [2.75, 3.05) is 10.6 Å². The molecule has 4 nitrogen and oxygen atoms in total. The third-order valence-corrected chi connectivity index (χ3v) is 7.22. The van der Waals surface area contributed by atoms with Crippen LogP contribution in [0.1, 0.15) is 33.0 Å². The van der Waals surface area contributed by atoms with E-state index in [-0.39, 0.29) is 27.5 Å². The van der Waals surface area contributed by atoms with Gasteiger partial charge in [0.15, 0.2) is 0 Å². The average molecular weight is 590 g/mol. The van der Waals surface area contributed by atoms with Gasteiger partial charge in [-0.25, -0.2) is 8.78 Å². The largest absolute Gasteiger partial charge is 0.416 e. The molecule has 38 heavy (non-hydrogen) atoms. The molecule has 2 unspecified atom stereocenters. The fourth-order valence-corrected chi connectivity index (χ4v) is 5.08. The van der Waals surface area contributed by atoms with Gasteiger partial charge in [0, 0.05) is 17.7 Å². The van der Waals surface area contributed by atoms with E-state index in [0.717, 1.165) is 24.3 Å². The molecular formula is C26H16Cl3F5N2O2. The summed E-state index contributed by atoms with van der Waals surface area (Å²) in [5.74, 6) is -5.15. The van der Waals surface area contributed by atoms with Crippen LogP contribution in [0.15, 0.2) is 61.2 Å². The van der Waals surface area contributed by atoms with Crippen molar-refractivity contribution in [1.29, 1.82) is 0 Å². The molecule has 1 aliphatic rings. The smallest absolute Gasteiger partial charge is 0.326 e. The van der Waals surface area contributed by atoms with Gasteiger partial charge in [-0.05, 0) is 47.5 Å². The highest BCUT2D eigenvalue weighted by Gasteiger charge is 2.67. The van der Waals surface area contributed by atoms with Crippen molar-refractivity contribution in [1.82, 2.24) is 0 Å². The number of alkyl halides is 5. The Bertz CT molecular complexity index is 1460. The predicted molar refractivity (Wildman–Crippen MR) is 137 cm³/mol. The third-order valence-electron chi connectivity index (χ3n) is 5.95. The Hall–Kier alpha value is -3.14. The molecule has 1 fully saturated rings. The Kier molecular flexibility index (Phi) is 7.49. The van der Waals surface area contributed by atoms with Crippen molar-refractivity contribution in [2.45, 2.75) is 16.4 Å². The van der Waals surface area contributed by atoms with Crippen LogP contribution in [0.4, 0.5) is 33.3 Å². The molecule has 198 valence electrons. The number of anilines is 2. The number of rotatable bonds is 6. The Morgan fingerprint density at radius 2 is 1.68 bits per heavy atom. The zero-order chi connectivity index (χ0) is 28.0. The minimum Gasteiger partial charge on any atom is -0.326 e. The fraction of sp³-hybridized carbons (Fsp3) is 0.154. The first-order valence-corrected chi connectivity index (χ1v) is 12.0. The zero-order valence-electron chi connectivity index (χ0n) is 19.0. The van der Waals surface area contributed by atoms with E-state index in [1.165, 1.54) is 30.3 Å². The van der Waals surface area contributed by atoms with Crippen LogP contribution in [-0.4, -0.2) is 16.1 Å². The van der Waals surface area contributed by atoms with Crippen LogP contribution in [0.5, 0.6) is 0 Å². The molecule has 1 saturated carbocycles. The quantitative estimate of drug-likeness (QED) is 0.226. The van der Waals surface area contributed by atoms with Crippen LogP contribution >= 0.6 is 34.8 Å². The molecule has 0 heterocycles. The average Bonchev–Trinajstić information content (AvgIpc) is 3.42. The monoisotopic (exact) mass is 588 g/mol. The van der Waals surface area contributed by atoms with Crippen molar-refractivity contribution in [3.8, 4) is 0 Å². The lowest BCUT2D eigenvalue weighted by atomic mass is 10.00. The highest BCUT2D eigenvalue weighted by molar-refractivity contribution is 6.53. The molecular weight excluding hydrogens is 574 g/mol. The lowest BCUT2D eigenvalue weighted by Gasteiger charge is -2.12. The normalized spacial score (nSPS) is 18.0. The van der Waals surface area contributed by atoms with E-state index < -0.39 is 51.4 Å². The zero-order valence-corrected chi connectivity index (χ0v) is 21.2. The fourth-order valence-electron chi connectivity index (χ4n) is 4.05. The maximum absolute atomic E-state index is 13.9. The molecule has 0 aromatic heterocycles. The summed E-state index contributed by atoms with van der Waals surface area (Å²) in [6.07, 6.45) is -3.55. The number of nitrogens with one attached hydrogen (secondary N) is 2. The van der Waals surface area contributed by atoms with E-state index in [1.54, 1.807) is 0 Å². The van der Waals surface area contributed by atoms with Gasteiger partial charge in [0.25, 0.3) is 5.91 Å². The first-order chi connectivity index (χ1) is 17.7. The summed E-state index contributed by atoms with van der Waals surface area (Å²) in [6, 6.07) is 9.84.